The Balaban J connectivity index is 2.28. The van der Waals surface area contributed by atoms with E-state index in [2.05, 4.69) is 47.0 Å². The average Bonchev–Trinajstić information content (AvgIpc) is 2.21. The lowest BCUT2D eigenvalue weighted by molar-refractivity contribution is 0.520. The maximum Gasteiger partial charge on any atom is 0.126 e. The molecule has 1 aromatic heterocycles. The summed E-state index contributed by atoms with van der Waals surface area (Å²) in [7, 11) is 0. The number of nitrogens with one attached hydrogen (secondary N) is 1. The fourth-order valence-electron chi connectivity index (χ4n) is 1.62. The Morgan fingerprint density at radius 1 is 1.25 bits per heavy atom. The number of hydrogen-bond donors (Lipinski definition) is 1. The van der Waals surface area contributed by atoms with E-state index in [4.69, 9.17) is 0 Å². The van der Waals surface area contributed by atoms with E-state index in [9.17, 15) is 0 Å². The summed E-state index contributed by atoms with van der Waals surface area (Å²) >= 11 is 3.38. The molecular weight excluding hydrogens is 264 g/mol. The lowest BCUT2D eigenvalue weighted by Crippen LogP contribution is -2.15. The van der Waals surface area contributed by atoms with Crippen molar-refractivity contribution >= 4 is 21.7 Å². The Morgan fingerprint density at radius 3 is 2.56 bits per heavy atom. The predicted octanol–water partition coefficient (Wildman–Crippen LogP) is 4.47. The molecular formula is C13H21BrN2. The monoisotopic (exact) mass is 284 g/mol. The fraction of sp³-hybridized carbons (Fsp3) is 0.615. The second-order valence-corrected chi connectivity index (χ2v) is 5.65. The van der Waals surface area contributed by atoms with Crippen LogP contribution in [0.1, 0.15) is 40.0 Å². The van der Waals surface area contributed by atoms with Crippen LogP contribution < -0.4 is 5.32 Å². The molecule has 0 saturated heterocycles. The first-order chi connectivity index (χ1) is 7.58. The number of rotatable bonds is 6. The topological polar surface area (TPSA) is 24.9 Å². The number of nitrogens with zero attached hydrogens (tertiary/aromatic N) is 1. The van der Waals surface area contributed by atoms with Crippen LogP contribution in [-0.2, 0) is 0 Å². The van der Waals surface area contributed by atoms with Gasteiger partial charge in [0.1, 0.15) is 5.82 Å². The highest BCUT2D eigenvalue weighted by Crippen LogP contribution is 2.14. The molecule has 0 saturated carbocycles. The van der Waals surface area contributed by atoms with Crippen molar-refractivity contribution in [2.24, 2.45) is 5.92 Å². The minimum absolute atomic E-state index is 0.493. The summed E-state index contributed by atoms with van der Waals surface area (Å²) < 4.78 is 1.02. The van der Waals surface area contributed by atoms with Crippen LogP contribution in [0.15, 0.2) is 22.8 Å². The molecule has 0 bridgehead atoms. The summed E-state index contributed by atoms with van der Waals surface area (Å²) in [4.78, 5) is 4.30. The van der Waals surface area contributed by atoms with E-state index in [1.165, 1.54) is 19.3 Å². The smallest absolute Gasteiger partial charge is 0.126 e. The van der Waals surface area contributed by atoms with Crippen LogP contribution >= 0.6 is 15.9 Å². The highest BCUT2D eigenvalue weighted by Gasteiger charge is 2.03. The van der Waals surface area contributed by atoms with Crippen molar-refractivity contribution in [2.75, 3.05) is 5.32 Å². The molecule has 1 atom stereocenters. The van der Waals surface area contributed by atoms with Gasteiger partial charge in [0.15, 0.2) is 0 Å². The fourth-order valence-corrected chi connectivity index (χ4v) is 1.85. The summed E-state index contributed by atoms with van der Waals surface area (Å²) in [6, 6.07) is 4.51. The molecule has 1 aromatic rings. The van der Waals surface area contributed by atoms with E-state index < -0.39 is 0 Å². The first-order valence-electron chi connectivity index (χ1n) is 5.96. The molecule has 0 amide bonds. The van der Waals surface area contributed by atoms with Crippen LogP contribution in [0, 0.1) is 5.92 Å². The van der Waals surface area contributed by atoms with Gasteiger partial charge in [-0.2, -0.15) is 0 Å². The number of pyridine rings is 1. The zero-order valence-corrected chi connectivity index (χ0v) is 11.9. The van der Waals surface area contributed by atoms with E-state index in [1.807, 2.05) is 18.3 Å². The van der Waals surface area contributed by atoms with Gasteiger partial charge >= 0.3 is 0 Å². The molecule has 1 N–H and O–H groups in total. The Kier molecular flexibility index (Phi) is 5.81. The van der Waals surface area contributed by atoms with Crippen LogP contribution in [0.4, 0.5) is 5.82 Å². The number of aromatic nitrogens is 1. The Labute approximate surface area is 107 Å². The molecule has 1 heterocycles. The van der Waals surface area contributed by atoms with Gasteiger partial charge in [-0.25, -0.2) is 4.98 Å². The molecule has 16 heavy (non-hydrogen) atoms. The van der Waals surface area contributed by atoms with Crippen LogP contribution in [0.25, 0.3) is 0 Å². The molecule has 1 rings (SSSR count). The molecule has 0 fully saturated rings. The largest absolute Gasteiger partial charge is 0.368 e. The third-order valence-corrected chi connectivity index (χ3v) is 3.01. The molecule has 3 heteroatoms. The zero-order valence-electron chi connectivity index (χ0n) is 10.3. The van der Waals surface area contributed by atoms with Gasteiger partial charge in [-0.3, -0.25) is 0 Å². The normalized spacial score (nSPS) is 12.8. The first kappa shape index (κ1) is 13.5. The average molecular weight is 285 g/mol. The summed E-state index contributed by atoms with van der Waals surface area (Å²) in [5, 5.41) is 3.41. The van der Waals surface area contributed by atoms with Crippen molar-refractivity contribution in [2.45, 2.75) is 46.1 Å². The second kappa shape index (κ2) is 6.89. The predicted molar refractivity (Wildman–Crippen MR) is 73.7 cm³/mol. The summed E-state index contributed by atoms with van der Waals surface area (Å²) in [6.07, 6.45) is 5.61. The standard InChI is InChI=1S/C13H21BrN2/c1-10(2)5-4-6-11(3)16-13-8-7-12(14)9-15-13/h7-11H,4-6H2,1-3H3,(H,15,16). The highest BCUT2D eigenvalue weighted by atomic mass is 79.9. The van der Waals surface area contributed by atoms with Gasteiger partial charge in [0, 0.05) is 16.7 Å². The zero-order chi connectivity index (χ0) is 12.0. The quantitative estimate of drug-likeness (QED) is 0.834. The maximum absolute atomic E-state index is 4.30. The van der Waals surface area contributed by atoms with Gasteiger partial charge < -0.3 is 5.32 Å². The molecule has 0 radical (unpaired) electrons. The van der Waals surface area contributed by atoms with Crippen molar-refractivity contribution < 1.29 is 0 Å². The second-order valence-electron chi connectivity index (χ2n) is 4.73. The van der Waals surface area contributed by atoms with Crippen molar-refractivity contribution in [1.82, 2.24) is 4.98 Å². The van der Waals surface area contributed by atoms with E-state index >= 15 is 0 Å². The highest BCUT2D eigenvalue weighted by molar-refractivity contribution is 9.10. The Bertz CT molecular complexity index is 295. The van der Waals surface area contributed by atoms with Gasteiger partial charge in [0.25, 0.3) is 0 Å². The summed E-state index contributed by atoms with van der Waals surface area (Å²) in [5.74, 6) is 1.76. The molecule has 90 valence electrons. The third kappa shape index (κ3) is 5.50. The molecule has 0 aromatic carbocycles. The molecule has 1 unspecified atom stereocenters. The van der Waals surface area contributed by atoms with Gasteiger partial charge in [-0.15, -0.1) is 0 Å². The Hall–Kier alpha value is -0.570. The van der Waals surface area contributed by atoms with Crippen LogP contribution in [0.5, 0.6) is 0 Å². The Morgan fingerprint density at radius 2 is 2.00 bits per heavy atom. The van der Waals surface area contributed by atoms with Crippen molar-refractivity contribution in [3.05, 3.63) is 22.8 Å². The lowest BCUT2D eigenvalue weighted by Gasteiger charge is -2.14. The van der Waals surface area contributed by atoms with Crippen molar-refractivity contribution in [3.8, 4) is 0 Å². The minimum atomic E-state index is 0.493. The van der Waals surface area contributed by atoms with Gasteiger partial charge in [0.2, 0.25) is 0 Å². The summed E-state index contributed by atoms with van der Waals surface area (Å²) in [6.45, 7) is 6.76. The van der Waals surface area contributed by atoms with E-state index in [0.717, 1.165) is 16.2 Å². The van der Waals surface area contributed by atoms with E-state index in [-0.39, 0.29) is 0 Å². The molecule has 0 aliphatic carbocycles. The van der Waals surface area contributed by atoms with Crippen molar-refractivity contribution in [1.29, 1.82) is 0 Å². The number of anilines is 1. The van der Waals surface area contributed by atoms with Gasteiger partial charge in [-0.05, 0) is 47.3 Å². The lowest BCUT2D eigenvalue weighted by atomic mass is 10.0. The maximum atomic E-state index is 4.30. The van der Waals surface area contributed by atoms with Gasteiger partial charge in [-0.1, -0.05) is 26.7 Å². The van der Waals surface area contributed by atoms with Crippen LogP contribution in [0.3, 0.4) is 0 Å². The summed E-state index contributed by atoms with van der Waals surface area (Å²) in [5.41, 5.74) is 0. The minimum Gasteiger partial charge on any atom is -0.368 e. The molecule has 2 nitrogen and oxygen atoms in total. The van der Waals surface area contributed by atoms with E-state index in [1.54, 1.807) is 0 Å². The van der Waals surface area contributed by atoms with Crippen LogP contribution in [-0.4, -0.2) is 11.0 Å². The van der Waals surface area contributed by atoms with Crippen molar-refractivity contribution in [3.63, 3.8) is 0 Å². The van der Waals surface area contributed by atoms with E-state index in [0.29, 0.717) is 6.04 Å². The third-order valence-electron chi connectivity index (χ3n) is 2.54. The van der Waals surface area contributed by atoms with Crippen LogP contribution in [0.2, 0.25) is 0 Å². The number of halogens is 1. The van der Waals surface area contributed by atoms with Gasteiger partial charge in [0.05, 0.1) is 0 Å². The number of hydrogen-bond acceptors (Lipinski definition) is 2. The first-order valence-corrected chi connectivity index (χ1v) is 6.75. The molecule has 0 spiro atoms. The molecule has 0 aliphatic rings. The molecule has 0 aliphatic heterocycles. The SMILES string of the molecule is CC(C)CCCC(C)Nc1ccc(Br)cn1.